The van der Waals surface area contributed by atoms with E-state index in [9.17, 15) is 4.79 Å². The number of rotatable bonds is 3. The second-order valence-corrected chi connectivity index (χ2v) is 7.98. The van der Waals surface area contributed by atoms with Crippen LogP contribution in [0.25, 0.3) is 0 Å². The van der Waals surface area contributed by atoms with Gasteiger partial charge in [0.25, 0.3) is 5.91 Å². The quantitative estimate of drug-likeness (QED) is 0.890. The smallest absolute Gasteiger partial charge is 0.263 e. The van der Waals surface area contributed by atoms with Crippen molar-refractivity contribution in [1.82, 2.24) is 20.1 Å². The molecule has 140 valence electrons. The highest BCUT2D eigenvalue weighted by molar-refractivity contribution is 7.17. The van der Waals surface area contributed by atoms with Crippen LogP contribution in [0.4, 0.5) is 5.13 Å². The SMILES string of the molecule is Cc1nc(N2CCOCC2)sc1C(=O)NC1CCCc2c1c(C)nn2C. The number of fused-ring (bicyclic) bond motifs is 1. The van der Waals surface area contributed by atoms with Gasteiger partial charge in [0, 0.05) is 31.4 Å². The summed E-state index contributed by atoms with van der Waals surface area (Å²) in [5.41, 5.74) is 4.26. The Morgan fingerprint density at radius 1 is 1.27 bits per heavy atom. The minimum absolute atomic E-state index is 0.0272. The van der Waals surface area contributed by atoms with Gasteiger partial charge in [-0.15, -0.1) is 0 Å². The van der Waals surface area contributed by atoms with E-state index in [0.717, 1.165) is 48.9 Å². The fourth-order valence-corrected chi connectivity index (χ4v) is 4.96. The normalized spacial score (nSPS) is 20.1. The fraction of sp³-hybridized carbons (Fsp3) is 0.611. The molecule has 2 aromatic heterocycles. The van der Waals surface area contributed by atoms with Gasteiger partial charge in [0.05, 0.1) is 30.6 Å². The van der Waals surface area contributed by atoms with Gasteiger partial charge in [-0.05, 0) is 33.1 Å². The number of carbonyl (C=O) groups is 1. The lowest BCUT2D eigenvalue weighted by Crippen LogP contribution is -2.36. The molecule has 1 fully saturated rings. The molecule has 2 aliphatic rings. The second kappa shape index (κ2) is 7.00. The van der Waals surface area contributed by atoms with Crippen molar-refractivity contribution in [2.24, 2.45) is 7.05 Å². The molecule has 0 aromatic carbocycles. The number of aromatic nitrogens is 3. The third-order valence-electron chi connectivity index (χ3n) is 5.22. The van der Waals surface area contributed by atoms with Crippen LogP contribution in [0.15, 0.2) is 0 Å². The summed E-state index contributed by atoms with van der Waals surface area (Å²) in [4.78, 5) is 20.5. The van der Waals surface area contributed by atoms with Crippen LogP contribution < -0.4 is 10.2 Å². The number of morpholine rings is 1. The zero-order chi connectivity index (χ0) is 18.3. The first-order chi connectivity index (χ1) is 12.5. The molecule has 1 unspecified atom stereocenters. The van der Waals surface area contributed by atoms with Crippen LogP contribution >= 0.6 is 11.3 Å². The van der Waals surface area contributed by atoms with Gasteiger partial charge < -0.3 is 15.0 Å². The largest absolute Gasteiger partial charge is 0.378 e. The van der Waals surface area contributed by atoms with E-state index in [1.54, 1.807) is 0 Å². The minimum atomic E-state index is -0.0272. The van der Waals surface area contributed by atoms with Crippen LogP contribution in [0, 0.1) is 13.8 Å². The second-order valence-electron chi connectivity index (χ2n) is 7.00. The van der Waals surface area contributed by atoms with Crippen molar-refractivity contribution in [1.29, 1.82) is 0 Å². The van der Waals surface area contributed by atoms with Crippen molar-refractivity contribution in [2.45, 2.75) is 39.2 Å². The first-order valence-corrected chi connectivity index (χ1v) is 9.99. The summed E-state index contributed by atoms with van der Waals surface area (Å²) in [6, 6.07) is 0.0355. The third-order valence-corrected chi connectivity index (χ3v) is 6.44. The summed E-state index contributed by atoms with van der Waals surface area (Å²) in [6.45, 7) is 7.02. The Kier molecular flexibility index (Phi) is 4.71. The van der Waals surface area contributed by atoms with Crippen molar-refractivity contribution in [3.63, 3.8) is 0 Å². The average Bonchev–Trinajstić information content (AvgIpc) is 3.17. The first kappa shape index (κ1) is 17.5. The number of amides is 1. The predicted molar refractivity (Wildman–Crippen MR) is 101 cm³/mol. The van der Waals surface area contributed by atoms with E-state index < -0.39 is 0 Å². The summed E-state index contributed by atoms with van der Waals surface area (Å²) >= 11 is 1.48. The molecule has 1 saturated heterocycles. The van der Waals surface area contributed by atoms with Crippen molar-refractivity contribution >= 4 is 22.4 Å². The molecule has 4 rings (SSSR count). The van der Waals surface area contributed by atoms with Crippen LogP contribution in [0.2, 0.25) is 0 Å². The Morgan fingerprint density at radius 2 is 2.04 bits per heavy atom. The summed E-state index contributed by atoms with van der Waals surface area (Å²) in [7, 11) is 1.98. The van der Waals surface area contributed by atoms with E-state index in [1.165, 1.54) is 22.6 Å². The first-order valence-electron chi connectivity index (χ1n) is 9.18. The number of hydrogen-bond donors (Lipinski definition) is 1. The molecular weight excluding hydrogens is 350 g/mol. The van der Waals surface area contributed by atoms with Gasteiger partial charge in [-0.25, -0.2) is 4.98 Å². The number of hydrogen-bond acceptors (Lipinski definition) is 6. The molecule has 3 heterocycles. The zero-order valence-electron chi connectivity index (χ0n) is 15.5. The molecule has 0 radical (unpaired) electrons. The number of ether oxygens (including phenoxy) is 1. The Morgan fingerprint density at radius 3 is 2.81 bits per heavy atom. The molecule has 0 spiro atoms. The Hall–Kier alpha value is -1.93. The van der Waals surface area contributed by atoms with E-state index in [1.807, 2.05) is 25.6 Å². The minimum Gasteiger partial charge on any atom is -0.378 e. The fourth-order valence-electron chi connectivity index (χ4n) is 3.94. The van der Waals surface area contributed by atoms with E-state index in [2.05, 4.69) is 20.3 Å². The molecule has 0 saturated carbocycles. The lowest BCUT2D eigenvalue weighted by molar-refractivity contribution is 0.0936. The summed E-state index contributed by atoms with van der Waals surface area (Å²) in [5, 5.41) is 8.70. The Labute approximate surface area is 157 Å². The molecule has 7 nitrogen and oxygen atoms in total. The van der Waals surface area contributed by atoms with Crippen molar-refractivity contribution in [3.8, 4) is 0 Å². The maximum atomic E-state index is 12.9. The van der Waals surface area contributed by atoms with Crippen molar-refractivity contribution in [2.75, 3.05) is 31.2 Å². The number of anilines is 1. The van der Waals surface area contributed by atoms with Crippen LogP contribution in [-0.4, -0.2) is 47.0 Å². The van der Waals surface area contributed by atoms with Gasteiger partial charge in [-0.3, -0.25) is 9.48 Å². The van der Waals surface area contributed by atoms with Crippen molar-refractivity contribution < 1.29 is 9.53 Å². The number of carbonyl (C=O) groups excluding carboxylic acids is 1. The van der Waals surface area contributed by atoms with Gasteiger partial charge in [-0.1, -0.05) is 11.3 Å². The summed E-state index contributed by atoms with van der Waals surface area (Å²) in [5.74, 6) is -0.0272. The number of nitrogens with zero attached hydrogens (tertiary/aromatic N) is 4. The number of aryl methyl sites for hydroxylation is 3. The molecule has 0 bridgehead atoms. The van der Waals surface area contributed by atoms with E-state index in [-0.39, 0.29) is 11.9 Å². The van der Waals surface area contributed by atoms with E-state index >= 15 is 0 Å². The van der Waals surface area contributed by atoms with E-state index in [4.69, 9.17) is 4.74 Å². The molecule has 1 atom stereocenters. The third kappa shape index (κ3) is 3.12. The van der Waals surface area contributed by atoms with Gasteiger partial charge >= 0.3 is 0 Å². The monoisotopic (exact) mass is 375 g/mol. The van der Waals surface area contributed by atoms with Crippen LogP contribution in [0.1, 0.15) is 51.2 Å². The van der Waals surface area contributed by atoms with Gasteiger partial charge in [0.15, 0.2) is 5.13 Å². The molecule has 26 heavy (non-hydrogen) atoms. The van der Waals surface area contributed by atoms with Gasteiger partial charge in [0.1, 0.15) is 4.88 Å². The van der Waals surface area contributed by atoms with Crippen LogP contribution in [-0.2, 0) is 18.2 Å². The van der Waals surface area contributed by atoms with Gasteiger partial charge in [-0.2, -0.15) is 5.10 Å². The average molecular weight is 375 g/mol. The molecule has 1 aliphatic heterocycles. The highest BCUT2D eigenvalue weighted by Gasteiger charge is 2.29. The lowest BCUT2D eigenvalue weighted by atomic mass is 9.91. The van der Waals surface area contributed by atoms with Crippen molar-refractivity contribution in [3.05, 3.63) is 27.5 Å². The number of thiazole rings is 1. The molecular formula is C18H25N5O2S. The molecule has 1 amide bonds. The highest BCUT2D eigenvalue weighted by Crippen LogP contribution is 2.33. The molecule has 8 heteroatoms. The summed E-state index contributed by atoms with van der Waals surface area (Å²) < 4.78 is 7.36. The van der Waals surface area contributed by atoms with Crippen LogP contribution in [0.3, 0.4) is 0 Å². The van der Waals surface area contributed by atoms with Gasteiger partial charge in [0.2, 0.25) is 0 Å². The Bertz CT molecular complexity index is 822. The maximum Gasteiger partial charge on any atom is 0.263 e. The topological polar surface area (TPSA) is 72.3 Å². The molecule has 1 N–H and O–H groups in total. The summed E-state index contributed by atoms with van der Waals surface area (Å²) in [6.07, 6.45) is 3.05. The predicted octanol–water partition coefficient (Wildman–Crippen LogP) is 2.14. The van der Waals surface area contributed by atoms with E-state index in [0.29, 0.717) is 18.1 Å². The zero-order valence-corrected chi connectivity index (χ0v) is 16.4. The standard InChI is InChI=1S/C18H25N5O2S/c1-11-15-13(5-4-6-14(15)22(3)21-11)20-17(24)16-12(2)19-18(26-16)23-7-9-25-10-8-23/h13H,4-10H2,1-3H3,(H,20,24). The Balaban J connectivity index is 1.54. The maximum absolute atomic E-state index is 12.9. The number of nitrogens with one attached hydrogen (secondary N) is 1. The lowest BCUT2D eigenvalue weighted by Gasteiger charge is -2.26. The molecule has 2 aromatic rings. The highest BCUT2D eigenvalue weighted by atomic mass is 32.1. The molecule has 1 aliphatic carbocycles. The van der Waals surface area contributed by atoms with Crippen LogP contribution in [0.5, 0.6) is 0 Å².